The van der Waals surface area contributed by atoms with Crippen LogP contribution in [0.5, 0.6) is 0 Å². The van der Waals surface area contributed by atoms with Crippen molar-refractivity contribution in [2.45, 2.75) is 6.04 Å². The summed E-state index contributed by atoms with van der Waals surface area (Å²) < 4.78 is 1.59. The number of hydrogen-bond acceptors (Lipinski definition) is 3. The molecule has 0 saturated heterocycles. The maximum absolute atomic E-state index is 12.2. The molecule has 0 fully saturated rings. The zero-order valence-corrected chi connectivity index (χ0v) is 11.1. The van der Waals surface area contributed by atoms with Crippen LogP contribution in [0.25, 0.3) is 0 Å². The summed E-state index contributed by atoms with van der Waals surface area (Å²) >= 11 is 11.8. The fraction of sp³-hybridized carbons (Fsp3) is 0.167. The summed E-state index contributed by atoms with van der Waals surface area (Å²) in [6.45, 7) is 0. The van der Waals surface area contributed by atoms with Gasteiger partial charge in [-0.2, -0.15) is 5.10 Å². The fourth-order valence-electron chi connectivity index (χ4n) is 1.61. The number of carbonyl (C=O) groups excluding carboxylic acids is 1. The summed E-state index contributed by atoms with van der Waals surface area (Å²) in [6, 6.07) is 3.92. The molecule has 0 radical (unpaired) electrons. The van der Waals surface area contributed by atoms with Crippen molar-refractivity contribution < 1.29 is 4.79 Å². The van der Waals surface area contributed by atoms with Gasteiger partial charge in [-0.3, -0.25) is 9.48 Å². The van der Waals surface area contributed by atoms with Crippen molar-refractivity contribution in [3.8, 4) is 0 Å². The summed E-state index contributed by atoms with van der Waals surface area (Å²) in [5.41, 5.74) is 6.86. The van der Waals surface area contributed by atoms with Gasteiger partial charge in [0.15, 0.2) is 5.78 Å². The third-order valence-corrected chi connectivity index (χ3v) is 3.12. The van der Waals surface area contributed by atoms with Crippen LogP contribution in [0, 0.1) is 0 Å². The number of ketones is 1. The molecule has 0 aliphatic heterocycles. The smallest absolute Gasteiger partial charge is 0.185 e. The number of hydrogen-bond donors (Lipinski definition) is 1. The van der Waals surface area contributed by atoms with Crippen molar-refractivity contribution >= 4 is 29.0 Å². The molecule has 0 saturated carbocycles. The Hall–Kier alpha value is -1.36. The van der Waals surface area contributed by atoms with Crippen LogP contribution in [0.3, 0.4) is 0 Å². The van der Waals surface area contributed by atoms with Gasteiger partial charge in [-0.1, -0.05) is 23.2 Å². The molecule has 0 aliphatic rings. The molecule has 0 amide bonds. The fourth-order valence-corrected chi connectivity index (χ4v) is 1.99. The van der Waals surface area contributed by atoms with Crippen LogP contribution in [0.15, 0.2) is 30.6 Å². The molecule has 6 heteroatoms. The highest BCUT2D eigenvalue weighted by molar-refractivity contribution is 6.36. The minimum atomic E-state index is -0.797. The lowest BCUT2D eigenvalue weighted by Gasteiger charge is -2.10. The number of halogens is 2. The van der Waals surface area contributed by atoms with Crippen molar-refractivity contribution in [2.75, 3.05) is 0 Å². The van der Waals surface area contributed by atoms with Gasteiger partial charge in [-0.05, 0) is 18.2 Å². The van der Waals surface area contributed by atoms with E-state index in [0.717, 1.165) is 0 Å². The van der Waals surface area contributed by atoms with E-state index < -0.39 is 6.04 Å². The molecular formula is C12H11Cl2N3O. The van der Waals surface area contributed by atoms with Gasteiger partial charge in [-0.15, -0.1) is 0 Å². The molecule has 94 valence electrons. The largest absolute Gasteiger partial charge is 0.317 e. The minimum absolute atomic E-state index is 0.282. The molecule has 18 heavy (non-hydrogen) atoms. The van der Waals surface area contributed by atoms with Gasteiger partial charge in [-0.25, -0.2) is 0 Å². The van der Waals surface area contributed by atoms with E-state index in [-0.39, 0.29) is 5.78 Å². The van der Waals surface area contributed by atoms with E-state index in [1.54, 1.807) is 36.3 Å². The average molecular weight is 284 g/mol. The van der Waals surface area contributed by atoms with Crippen LogP contribution >= 0.6 is 23.2 Å². The maximum atomic E-state index is 12.2. The SMILES string of the molecule is Cn1cc(C(N)C(=O)c2cc(Cl)ccc2Cl)cn1. The molecule has 4 nitrogen and oxygen atoms in total. The summed E-state index contributed by atoms with van der Waals surface area (Å²) in [7, 11) is 1.76. The highest BCUT2D eigenvalue weighted by Gasteiger charge is 2.21. The minimum Gasteiger partial charge on any atom is -0.317 e. The highest BCUT2D eigenvalue weighted by atomic mass is 35.5. The number of rotatable bonds is 3. The van der Waals surface area contributed by atoms with Crippen molar-refractivity contribution in [3.05, 3.63) is 51.8 Å². The van der Waals surface area contributed by atoms with Crippen molar-refractivity contribution in [2.24, 2.45) is 12.8 Å². The number of nitrogens with zero attached hydrogens (tertiary/aromatic N) is 2. The van der Waals surface area contributed by atoms with Crippen molar-refractivity contribution in [1.29, 1.82) is 0 Å². The normalized spacial score (nSPS) is 12.4. The highest BCUT2D eigenvalue weighted by Crippen LogP contribution is 2.25. The Morgan fingerprint density at radius 1 is 1.44 bits per heavy atom. The number of Topliss-reactive ketones (excluding diaryl/α,β-unsaturated/α-hetero) is 1. The molecule has 2 N–H and O–H groups in total. The van der Waals surface area contributed by atoms with Crippen LogP contribution in [0.1, 0.15) is 22.0 Å². The van der Waals surface area contributed by atoms with E-state index in [1.165, 1.54) is 6.07 Å². The first kappa shape index (κ1) is 13.1. The zero-order chi connectivity index (χ0) is 13.3. The Kier molecular flexibility index (Phi) is 3.71. The summed E-state index contributed by atoms with van der Waals surface area (Å²) in [5.74, 6) is -0.282. The van der Waals surface area contributed by atoms with Crippen LogP contribution in [-0.2, 0) is 7.05 Å². The first-order chi connectivity index (χ1) is 8.49. The van der Waals surface area contributed by atoms with E-state index in [4.69, 9.17) is 28.9 Å². The Labute approximate surface area is 114 Å². The predicted molar refractivity (Wildman–Crippen MR) is 70.9 cm³/mol. The lowest BCUT2D eigenvalue weighted by atomic mass is 10.0. The van der Waals surface area contributed by atoms with Gasteiger partial charge in [0.05, 0.1) is 17.3 Å². The van der Waals surface area contributed by atoms with Gasteiger partial charge in [0, 0.05) is 29.4 Å². The van der Waals surface area contributed by atoms with Crippen LogP contribution in [-0.4, -0.2) is 15.6 Å². The number of nitrogens with two attached hydrogens (primary N) is 1. The second-order valence-electron chi connectivity index (χ2n) is 3.91. The Morgan fingerprint density at radius 3 is 2.78 bits per heavy atom. The van der Waals surface area contributed by atoms with E-state index in [1.807, 2.05) is 0 Å². The van der Waals surface area contributed by atoms with Gasteiger partial charge >= 0.3 is 0 Å². The molecule has 2 rings (SSSR count). The third-order valence-electron chi connectivity index (χ3n) is 2.56. The van der Waals surface area contributed by atoms with Gasteiger partial charge in [0.2, 0.25) is 0 Å². The molecule has 0 aliphatic carbocycles. The first-order valence-corrected chi connectivity index (χ1v) is 5.98. The molecule has 1 aromatic heterocycles. The average Bonchev–Trinajstić information content (AvgIpc) is 2.77. The zero-order valence-electron chi connectivity index (χ0n) is 9.60. The van der Waals surface area contributed by atoms with Crippen LogP contribution in [0.2, 0.25) is 10.0 Å². The van der Waals surface area contributed by atoms with E-state index in [9.17, 15) is 4.79 Å². The maximum Gasteiger partial charge on any atom is 0.185 e. The summed E-state index contributed by atoms with van der Waals surface area (Å²) in [6.07, 6.45) is 3.25. The molecule has 1 atom stereocenters. The van der Waals surface area contributed by atoms with Crippen molar-refractivity contribution in [1.82, 2.24) is 9.78 Å². The van der Waals surface area contributed by atoms with E-state index >= 15 is 0 Å². The molecule has 2 aromatic rings. The number of aryl methyl sites for hydroxylation is 1. The number of benzene rings is 1. The molecule has 1 heterocycles. The molecular weight excluding hydrogens is 273 g/mol. The van der Waals surface area contributed by atoms with Crippen molar-refractivity contribution in [3.63, 3.8) is 0 Å². The third kappa shape index (κ3) is 2.56. The predicted octanol–water partition coefficient (Wildman–Crippen LogP) is 2.61. The molecule has 0 bridgehead atoms. The first-order valence-electron chi connectivity index (χ1n) is 5.22. The Balaban J connectivity index is 2.33. The molecule has 0 spiro atoms. The quantitative estimate of drug-likeness (QED) is 0.881. The van der Waals surface area contributed by atoms with Gasteiger partial charge in [0.25, 0.3) is 0 Å². The molecule has 1 unspecified atom stereocenters. The molecule has 1 aromatic carbocycles. The Bertz CT molecular complexity index is 595. The lowest BCUT2D eigenvalue weighted by Crippen LogP contribution is -2.21. The second kappa shape index (κ2) is 5.10. The lowest BCUT2D eigenvalue weighted by molar-refractivity contribution is 0.0961. The Morgan fingerprint density at radius 2 is 2.17 bits per heavy atom. The monoisotopic (exact) mass is 283 g/mol. The van der Waals surface area contributed by atoms with Gasteiger partial charge < -0.3 is 5.73 Å². The number of carbonyl (C=O) groups is 1. The number of aromatic nitrogens is 2. The topological polar surface area (TPSA) is 60.9 Å². The van der Waals surface area contributed by atoms with Crippen LogP contribution < -0.4 is 5.73 Å². The van der Waals surface area contributed by atoms with E-state index in [2.05, 4.69) is 5.10 Å². The summed E-state index contributed by atoms with van der Waals surface area (Å²) in [5, 5.41) is 4.76. The second-order valence-corrected chi connectivity index (χ2v) is 4.76. The van der Waals surface area contributed by atoms with E-state index in [0.29, 0.717) is 21.2 Å². The summed E-state index contributed by atoms with van der Waals surface area (Å²) in [4.78, 5) is 12.2. The van der Waals surface area contributed by atoms with Gasteiger partial charge in [0.1, 0.15) is 0 Å². The standard InChI is InChI=1S/C12H11Cl2N3O/c1-17-6-7(5-16-17)11(15)12(18)9-4-8(13)2-3-10(9)14/h2-6,11H,15H2,1H3. The van der Waals surface area contributed by atoms with Crippen LogP contribution in [0.4, 0.5) is 0 Å².